The minimum absolute atomic E-state index is 0.0689. The molecule has 7 atom stereocenters. The Balaban J connectivity index is 1.09. The van der Waals surface area contributed by atoms with Crippen LogP contribution in [0.15, 0.2) is 82.6 Å². The first-order valence-electron chi connectivity index (χ1n) is 15.5. The number of ether oxygens (including phenoxy) is 1. The molecule has 2 saturated carbocycles. The zero-order valence-corrected chi connectivity index (χ0v) is 27.0. The molecule has 13 heteroatoms. The molecule has 4 aromatic rings. The fourth-order valence-electron chi connectivity index (χ4n) is 8.31. The number of rotatable bonds is 6. The Morgan fingerprint density at radius 2 is 1.73 bits per heavy atom. The van der Waals surface area contributed by atoms with E-state index < -0.39 is 35.4 Å². The number of hydrogen-bond donors (Lipinski definition) is 2. The van der Waals surface area contributed by atoms with Gasteiger partial charge in [0.25, 0.3) is 5.91 Å². The molecule has 0 radical (unpaired) electrons. The molecule has 2 aliphatic carbocycles. The lowest BCUT2D eigenvalue weighted by Crippen LogP contribution is -2.42. The van der Waals surface area contributed by atoms with Crippen LogP contribution < -0.4 is 19.8 Å². The smallest absolute Gasteiger partial charge is 0.416 e. The molecular formula is C35H28F3N3O5S2. The van der Waals surface area contributed by atoms with E-state index in [1.54, 1.807) is 6.07 Å². The van der Waals surface area contributed by atoms with Crippen LogP contribution in [0.1, 0.15) is 33.9 Å². The van der Waals surface area contributed by atoms with Crippen molar-refractivity contribution in [3.05, 3.63) is 104 Å². The number of hydrogen-bond acceptors (Lipinski definition) is 7. The second-order valence-corrected chi connectivity index (χ2v) is 14.9. The maximum absolute atomic E-state index is 14.0. The van der Waals surface area contributed by atoms with Crippen LogP contribution in [-0.4, -0.2) is 34.6 Å². The lowest BCUT2D eigenvalue weighted by atomic mass is 9.68. The molecule has 2 aliphatic heterocycles. The first-order chi connectivity index (χ1) is 23.0. The Kier molecular flexibility index (Phi) is 7.33. The summed E-state index contributed by atoms with van der Waals surface area (Å²) in [6.07, 6.45) is -3.98. The molecule has 3 heterocycles. The maximum Gasteiger partial charge on any atom is 0.416 e. The van der Waals surface area contributed by atoms with E-state index in [4.69, 9.17) is 4.74 Å². The summed E-state index contributed by atoms with van der Waals surface area (Å²) in [5.41, 5.74) is 1.48. The Labute approximate surface area is 280 Å². The average molecular weight is 692 g/mol. The number of benzene rings is 3. The molecule has 1 aromatic heterocycles. The fourth-order valence-corrected chi connectivity index (χ4v) is 11.2. The first kappa shape index (κ1) is 30.9. The van der Waals surface area contributed by atoms with Gasteiger partial charge >= 0.3 is 11.0 Å². The minimum atomic E-state index is -4.62. The number of carbonyl (C=O) groups excluding carboxylic acids is 3. The third kappa shape index (κ3) is 4.97. The molecule has 1 saturated heterocycles. The van der Waals surface area contributed by atoms with E-state index in [9.17, 15) is 32.3 Å². The van der Waals surface area contributed by atoms with Crippen LogP contribution in [-0.2, 0) is 20.6 Å². The van der Waals surface area contributed by atoms with Crippen molar-refractivity contribution in [2.24, 2.45) is 29.6 Å². The Hall–Kier alpha value is -4.36. The quantitative estimate of drug-likeness (QED) is 0.225. The number of halogens is 3. The number of aromatic amines is 1. The average Bonchev–Trinajstić information content (AvgIpc) is 3.79. The largest absolute Gasteiger partial charge is 0.484 e. The molecule has 4 unspecified atom stereocenters. The number of aromatic nitrogens is 1. The number of nitrogens with one attached hydrogen (secondary N) is 2. The SMILES string of the molecule is Cc1ccccc1NC(=O)COc1cccc([C@H]2c3sc(=O)[nH]c3SC3C2[C@H]2C[C@@H]3C3C(=O)N(c4cccc(C(F)(F)F)c4)C(=O)C32)c1. The summed E-state index contributed by atoms with van der Waals surface area (Å²) < 4.78 is 46.5. The number of fused-ring (bicyclic) bond motifs is 9. The van der Waals surface area contributed by atoms with Gasteiger partial charge in [0.2, 0.25) is 11.8 Å². The summed E-state index contributed by atoms with van der Waals surface area (Å²) in [4.78, 5) is 57.7. The third-order valence-electron chi connectivity index (χ3n) is 10.2. The zero-order valence-electron chi connectivity index (χ0n) is 25.3. The molecule has 4 aliphatic rings. The van der Waals surface area contributed by atoms with Crippen molar-refractivity contribution < 1.29 is 32.3 Å². The third-order valence-corrected chi connectivity index (χ3v) is 12.8. The lowest BCUT2D eigenvalue weighted by molar-refractivity contribution is -0.137. The highest BCUT2D eigenvalue weighted by molar-refractivity contribution is 8.00. The van der Waals surface area contributed by atoms with Gasteiger partial charge in [-0.15, -0.1) is 11.8 Å². The molecule has 2 N–H and O–H groups in total. The summed E-state index contributed by atoms with van der Waals surface area (Å²) in [5.74, 6) is -2.89. The predicted molar refractivity (Wildman–Crippen MR) is 174 cm³/mol. The van der Waals surface area contributed by atoms with Gasteiger partial charge in [0.15, 0.2) is 6.61 Å². The summed E-state index contributed by atoms with van der Waals surface area (Å²) >= 11 is 2.64. The van der Waals surface area contributed by atoms with Crippen LogP contribution in [0.2, 0.25) is 0 Å². The number of carbonyl (C=O) groups is 3. The van der Waals surface area contributed by atoms with Crippen molar-refractivity contribution in [2.75, 3.05) is 16.8 Å². The van der Waals surface area contributed by atoms with Crippen LogP contribution in [0.5, 0.6) is 5.75 Å². The number of amides is 3. The summed E-state index contributed by atoms with van der Waals surface area (Å²) in [7, 11) is 0. The van der Waals surface area contributed by atoms with Crippen molar-refractivity contribution in [3.8, 4) is 5.75 Å². The second-order valence-electron chi connectivity index (χ2n) is 12.7. The number of para-hydroxylation sites is 1. The Morgan fingerprint density at radius 1 is 0.979 bits per heavy atom. The van der Waals surface area contributed by atoms with Gasteiger partial charge in [-0.05, 0) is 78.6 Å². The van der Waals surface area contributed by atoms with Gasteiger partial charge in [0.1, 0.15) is 5.75 Å². The van der Waals surface area contributed by atoms with E-state index in [1.807, 2.05) is 49.4 Å². The standard InChI is InChI=1S/C35H28F3N3O5S2/c1-16-6-2-3-11-23(16)39-24(42)15-46-20-10-4-7-17(12-20)25-26-21-14-22(29(26)47-31-30(25)48-34(45)40-31)28-27(21)32(43)41(33(28)44)19-9-5-8-18(13-19)35(36,37)38/h2-13,21-22,25-29H,14-15H2,1H3,(H,39,42)(H,40,45)/t21-,22-,25-,26?,27?,28?,29?/m1/s1. The summed E-state index contributed by atoms with van der Waals surface area (Å²) in [5, 5.41) is 3.49. The number of imide groups is 1. The van der Waals surface area contributed by atoms with Crippen molar-refractivity contribution in [2.45, 2.75) is 35.7 Å². The second kappa shape index (κ2) is 11.4. The number of thioether (sulfide) groups is 1. The van der Waals surface area contributed by atoms with Crippen LogP contribution in [0.25, 0.3) is 0 Å². The van der Waals surface area contributed by atoms with E-state index in [0.29, 0.717) is 17.9 Å². The van der Waals surface area contributed by atoms with Gasteiger partial charge < -0.3 is 15.0 Å². The van der Waals surface area contributed by atoms with Crippen LogP contribution in [0.4, 0.5) is 24.5 Å². The Morgan fingerprint density at radius 3 is 2.50 bits per heavy atom. The number of anilines is 2. The molecular weight excluding hydrogens is 664 g/mol. The van der Waals surface area contributed by atoms with Gasteiger partial charge in [0.05, 0.1) is 28.1 Å². The number of aryl methyl sites for hydroxylation is 1. The normalized spacial score (nSPS) is 27.1. The minimum Gasteiger partial charge on any atom is -0.484 e. The molecule has 8 rings (SSSR count). The molecule has 8 nitrogen and oxygen atoms in total. The highest BCUT2D eigenvalue weighted by atomic mass is 32.2. The van der Waals surface area contributed by atoms with Crippen LogP contribution >= 0.6 is 23.1 Å². The van der Waals surface area contributed by atoms with E-state index in [1.165, 1.54) is 23.9 Å². The molecule has 2 bridgehead atoms. The number of alkyl halides is 3. The molecule has 0 spiro atoms. The zero-order chi connectivity index (χ0) is 33.5. The molecule has 3 amide bonds. The Bertz CT molecular complexity index is 2040. The van der Waals surface area contributed by atoms with Crippen molar-refractivity contribution in [1.29, 1.82) is 0 Å². The van der Waals surface area contributed by atoms with Gasteiger partial charge in [-0.25, -0.2) is 0 Å². The number of nitrogens with zero attached hydrogens (tertiary/aromatic N) is 1. The fraction of sp³-hybridized carbons (Fsp3) is 0.314. The molecule has 246 valence electrons. The number of H-pyrrole nitrogens is 1. The first-order valence-corrected chi connectivity index (χ1v) is 17.2. The summed E-state index contributed by atoms with van der Waals surface area (Å²) in [6, 6.07) is 19.2. The highest BCUT2D eigenvalue weighted by Crippen LogP contribution is 2.68. The van der Waals surface area contributed by atoms with Gasteiger partial charge in [0, 0.05) is 21.7 Å². The maximum atomic E-state index is 14.0. The highest BCUT2D eigenvalue weighted by Gasteiger charge is 2.69. The summed E-state index contributed by atoms with van der Waals surface area (Å²) in [6.45, 7) is 1.68. The van der Waals surface area contributed by atoms with E-state index in [0.717, 1.165) is 49.4 Å². The molecule has 3 aromatic carbocycles. The van der Waals surface area contributed by atoms with E-state index in [2.05, 4.69) is 10.3 Å². The van der Waals surface area contributed by atoms with Crippen LogP contribution in [0.3, 0.4) is 0 Å². The molecule has 3 fully saturated rings. The topological polar surface area (TPSA) is 109 Å². The van der Waals surface area contributed by atoms with Gasteiger partial charge in [-0.2, -0.15) is 13.2 Å². The van der Waals surface area contributed by atoms with Crippen molar-refractivity contribution in [3.63, 3.8) is 0 Å². The van der Waals surface area contributed by atoms with Crippen molar-refractivity contribution >= 4 is 52.2 Å². The van der Waals surface area contributed by atoms with E-state index >= 15 is 0 Å². The lowest BCUT2D eigenvalue weighted by Gasteiger charge is -2.43. The predicted octanol–water partition coefficient (Wildman–Crippen LogP) is 6.46. The van der Waals surface area contributed by atoms with E-state index in [-0.39, 0.29) is 52.0 Å². The molecule has 48 heavy (non-hydrogen) atoms. The van der Waals surface area contributed by atoms with Gasteiger partial charge in [-0.3, -0.25) is 24.1 Å². The van der Waals surface area contributed by atoms with Crippen LogP contribution in [0, 0.1) is 36.5 Å². The monoisotopic (exact) mass is 691 g/mol. The number of thiazole rings is 1. The van der Waals surface area contributed by atoms with Gasteiger partial charge in [-0.1, -0.05) is 47.7 Å². The van der Waals surface area contributed by atoms with Crippen molar-refractivity contribution in [1.82, 2.24) is 4.98 Å².